The van der Waals surface area contributed by atoms with E-state index in [4.69, 9.17) is 0 Å². The minimum atomic E-state index is -0.121. The van der Waals surface area contributed by atoms with Crippen molar-refractivity contribution in [3.8, 4) is 0 Å². The fourth-order valence-corrected chi connectivity index (χ4v) is 4.67. The Bertz CT molecular complexity index is 992. The molecule has 0 saturated heterocycles. The second kappa shape index (κ2) is 10.5. The van der Waals surface area contributed by atoms with Crippen LogP contribution in [0.15, 0.2) is 59.8 Å². The summed E-state index contributed by atoms with van der Waals surface area (Å²) >= 11 is 1.69. The maximum atomic E-state index is 12.3. The largest absolute Gasteiger partial charge is 0.354 e. The van der Waals surface area contributed by atoms with Crippen molar-refractivity contribution in [2.24, 2.45) is 5.92 Å². The van der Waals surface area contributed by atoms with Gasteiger partial charge in [0, 0.05) is 47.6 Å². The van der Waals surface area contributed by atoms with E-state index in [-0.39, 0.29) is 17.7 Å². The van der Waals surface area contributed by atoms with Crippen LogP contribution in [-0.4, -0.2) is 34.3 Å². The van der Waals surface area contributed by atoms with Crippen LogP contribution in [0, 0.1) is 5.92 Å². The molecule has 1 saturated carbocycles. The Labute approximate surface area is 186 Å². The van der Waals surface area contributed by atoms with E-state index in [2.05, 4.69) is 15.6 Å². The van der Waals surface area contributed by atoms with Crippen molar-refractivity contribution in [3.05, 3.63) is 66.1 Å². The van der Waals surface area contributed by atoms with Gasteiger partial charge in [0.05, 0.1) is 5.69 Å². The Kier molecular flexibility index (Phi) is 7.25. The Hall–Kier alpha value is -2.80. The van der Waals surface area contributed by atoms with Crippen molar-refractivity contribution < 1.29 is 9.59 Å². The number of benzene rings is 1. The number of nitrogens with one attached hydrogen (secondary N) is 2. The lowest BCUT2D eigenvalue weighted by Gasteiger charge is -2.20. The zero-order valence-corrected chi connectivity index (χ0v) is 18.4. The lowest BCUT2D eigenvalue weighted by molar-refractivity contribution is -0.125. The lowest BCUT2D eigenvalue weighted by Crippen LogP contribution is -2.38. The van der Waals surface area contributed by atoms with Crippen molar-refractivity contribution in [3.63, 3.8) is 0 Å². The molecule has 4 rings (SSSR count). The van der Waals surface area contributed by atoms with Crippen molar-refractivity contribution in [1.29, 1.82) is 0 Å². The summed E-state index contributed by atoms with van der Waals surface area (Å²) < 4.78 is 2.01. The van der Waals surface area contributed by atoms with Crippen LogP contribution >= 0.6 is 11.8 Å². The Morgan fingerprint density at radius 2 is 1.77 bits per heavy atom. The zero-order chi connectivity index (χ0) is 21.5. The average molecular weight is 437 g/mol. The monoisotopic (exact) mass is 436 g/mol. The van der Waals surface area contributed by atoms with Gasteiger partial charge in [-0.15, -0.1) is 11.8 Å². The highest BCUT2D eigenvalue weighted by Crippen LogP contribution is 2.24. The molecule has 162 valence electrons. The first-order valence-corrected chi connectivity index (χ1v) is 11.9. The van der Waals surface area contributed by atoms with Gasteiger partial charge in [-0.25, -0.2) is 4.98 Å². The second-order valence-corrected chi connectivity index (χ2v) is 8.94. The number of pyridine rings is 1. The maximum Gasteiger partial charge on any atom is 0.251 e. The summed E-state index contributed by atoms with van der Waals surface area (Å²) in [6.07, 6.45) is 9.52. The number of hydrogen-bond donors (Lipinski definition) is 2. The predicted molar refractivity (Wildman–Crippen MR) is 123 cm³/mol. The van der Waals surface area contributed by atoms with Gasteiger partial charge in [0.1, 0.15) is 5.65 Å². The van der Waals surface area contributed by atoms with Crippen LogP contribution in [0.2, 0.25) is 0 Å². The molecule has 31 heavy (non-hydrogen) atoms. The molecule has 0 atom stereocenters. The summed E-state index contributed by atoms with van der Waals surface area (Å²) in [7, 11) is 0. The van der Waals surface area contributed by atoms with E-state index in [1.807, 2.05) is 59.3 Å². The molecule has 1 aromatic carbocycles. The normalized spacial score (nSPS) is 14.5. The van der Waals surface area contributed by atoms with Crippen LogP contribution in [0.1, 0.15) is 48.2 Å². The van der Waals surface area contributed by atoms with Gasteiger partial charge in [-0.05, 0) is 49.2 Å². The molecule has 0 spiro atoms. The van der Waals surface area contributed by atoms with E-state index in [1.54, 1.807) is 11.8 Å². The number of carbonyl (C=O) groups excluding carboxylic acids is 2. The molecular formula is C24H28N4O2S. The maximum absolute atomic E-state index is 12.3. The highest BCUT2D eigenvalue weighted by Gasteiger charge is 2.20. The van der Waals surface area contributed by atoms with Gasteiger partial charge in [-0.3, -0.25) is 9.59 Å². The lowest BCUT2D eigenvalue weighted by atomic mass is 9.89. The number of fused-ring (bicyclic) bond motifs is 1. The van der Waals surface area contributed by atoms with Crippen molar-refractivity contribution in [2.45, 2.75) is 42.8 Å². The molecule has 0 aliphatic heterocycles. The summed E-state index contributed by atoms with van der Waals surface area (Å²) in [5.74, 6) is 0.924. The number of thioether (sulfide) groups is 1. The molecule has 7 heteroatoms. The van der Waals surface area contributed by atoms with Crippen LogP contribution < -0.4 is 10.6 Å². The third-order valence-electron chi connectivity index (χ3n) is 5.60. The Morgan fingerprint density at radius 3 is 2.55 bits per heavy atom. The number of amides is 2. The van der Waals surface area contributed by atoms with Crippen LogP contribution in [0.3, 0.4) is 0 Å². The highest BCUT2D eigenvalue weighted by atomic mass is 32.2. The molecule has 2 N–H and O–H groups in total. The van der Waals surface area contributed by atoms with Gasteiger partial charge < -0.3 is 15.0 Å². The third kappa shape index (κ3) is 5.88. The summed E-state index contributed by atoms with van der Waals surface area (Å²) in [4.78, 5) is 30.2. The quantitative estimate of drug-likeness (QED) is 0.413. The number of aromatic nitrogens is 2. The number of rotatable bonds is 8. The van der Waals surface area contributed by atoms with E-state index in [0.29, 0.717) is 18.7 Å². The highest BCUT2D eigenvalue weighted by molar-refractivity contribution is 7.98. The Balaban J connectivity index is 1.19. The first-order valence-electron chi connectivity index (χ1n) is 10.9. The van der Waals surface area contributed by atoms with Gasteiger partial charge in [0.2, 0.25) is 5.91 Å². The number of carbonyl (C=O) groups is 2. The minimum Gasteiger partial charge on any atom is -0.354 e. The number of imidazole rings is 1. The van der Waals surface area contributed by atoms with Gasteiger partial charge in [-0.1, -0.05) is 25.3 Å². The molecule has 0 unspecified atom stereocenters. The summed E-state index contributed by atoms with van der Waals surface area (Å²) in [5, 5.41) is 5.82. The van der Waals surface area contributed by atoms with Crippen LogP contribution in [0.5, 0.6) is 0 Å². The van der Waals surface area contributed by atoms with E-state index in [9.17, 15) is 9.59 Å². The first kappa shape index (κ1) is 21.4. The molecule has 0 radical (unpaired) electrons. The molecule has 0 bridgehead atoms. The first-order chi connectivity index (χ1) is 15.2. The SMILES string of the molecule is O=C(NCCNC(=O)C1CCCCC1)c1ccc(SCc2cn3ccccc3n2)cc1. The molecule has 1 aliphatic carbocycles. The van der Waals surface area contributed by atoms with E-state index in [1.165, 1.54) is 6.42 Å². The third-order valence-corrected chi connectivity index (χ3v) is 6.65. The van der Waals surface area contributed by atoms with Gasteiger partial charge >= 0.3 is 0 Å². The molecule has 1 aliphatic rings. The van der Waals surface area contributed by atoms with Crippen LogP contribution in [0.4, 0.5) is 0 Å². The van der Waals surface area contributed by atoms with Crippen LogP contribution in [0.25, 0.3) is 5.65 Å². The smallest absolute Gasteiger partial charge is 0.251 e. The van der Waals surface area contributed by atoms with Crippen molar-refractivity contribution >= 4 is 29.2 Å². The molecule has 1 fully saturated rings. The molecular weight excluding hydrogens is 408 g/mol. The summed E-state index contributed by atoms with van der Waals surface area (Å²) in [6, 6.07) is 13.5. The van der Waals surface area contributed by atoms with Crippen molar-refractivity contribution in [2.75, 3.05) is 13.1 Å². The predicted octanol–water partition coefficient (Wildman–Crippen LogP) is 4.05. The number of nitrogens with zero attached hydrogens (tertiary/aromatic N) is 2. The standard InChI is InChI=1S/C24H28N4O2S/c29-23(18-6-2-1-3-7-18)25-13-14-26-24(30)19-9-11-21(12-10-19)31-17-20-16-28-15-5-4-8-22(28)27-20/h4-5,8-12,15-16,18H,1-3,6-7,13-14,17H2,(H,25,29)(H,26,30). The summed E-state index contributed by atoms with van der Waals surface area (Å²) in [6.45, 7) is 0.899. The molecule has 2 aromatic heterocycles. The van der Waals surface area contributed by atoms with Gasteiger partial charge in [0.15, 0.2) is 0 Å². The second-order valence-electron chi connectivity index (χ2n) is 7.89. The van der Waals surface area contributed by atoms with Gasteiger partial charge in [0.25, 0.3) is 5.91 Å². The van der Waals surface area contributed by atoms with Crippen LogP contribution in [-0.2, 0) is 10.5 Å². The van der Waals surface area contributed by atoms with E-state index < -0.39 is 0 Å². The Morgan fingerprint density at radius 1 is 1.00 bits per heavy atom. The van der Waals surface area contributed by atoms with E-state index >= 15 is 0 Å². The molecule has 3 aromatic rings. The fourth-order valence-electron chi connectivity index (χ4n) is 3.89. The number of hydrogen-bond acceptors (Lipinski definition) is 4. The van der Waals surface area contributed by atoms with E-state index in [0.717, 1.165) is 47.7 Å². The van der Waals surface area contributed by atoms with Gasteiger partial charge in [-0.2, -0.15) is 0 Å². The minimum absolute atomic E-state index is 0.121. The molecule has 2 heterocycles. The zero-order valence-electron chi connectivity index (χ0n) is 17.5. The topological polar surface area (TPSA) is 75.5 Å². The van der Waals surface area contributed by atoms with Crippen molar-refractivity contribution in [1.82, 2.24) is 20.0 Å². The average Bonchev–Trinajstić information content (AvgIpc) is 3.24. The molecule has 2 amide bonds. The molecule has 6 nitrogen and oxygen atoms in total. The fraction of sp³-hybridized carbons (Fsp3) is 0.375. The summed E-state index contributed by atoms with van der Waals surface area (Å²) in [5.41, 5.74) is 2.59.